The van der Waals surface area contributed by atoms with Crippen LogP contribution in [0.25, 0.3) is 0 Å². The molecule has 0 saturated heterocycles. The zero-order chi connectivity index (χ0) is 14.2. The fourth-order valence-corrected chi connectivity index (χ4v) is 3.05. The highest BCUT2D eigenvalue weighted by atomic mass is 32.2. The van der Waals surface area contributed by atoms with Gasteiger partial charge in [-0.25, -0.2) is 8.42 Å². The molecule has 1 aromatic carbocycles. The van der Waals surface area contributed by atoms with Crippen LogP contribution >= 0.6 is 0 Å². The molecule has 1 heterocycles. The van der Waals surface area contributed by atoms with Crippen molar-refractivity contribution in [2.24, 2.45) is 0 Å². The van der Waals surface area contributed by atoms with Gasteiger partial charge in [0.2, 0.25) is 0 Å². The zero-order valence-corrected chi connectivity index (χ0v) is 11.8. The number of nitrogens with zero attached hydrogens (tertiary/aromatic N) is 1. The second kappa shape index (κ2) is 4.58. The van der Waals surface area contributed by atoms with E-state index in [0.29, 0.717) is 22.6 Å². The summed E-state index contributed by atoms with van der Waals surface area (Å²) in [4.78, 5) is 0.131. The number of nitrogens with two attached hydrogens (primary N) is 1. The first-order chi connectivity index (χ1) is 8.83. The topological polar surface area (TPSA) is 101 Å². The predicted octanol–water partition coefficient (Wildman–Crippen LogP) is 1.72. The Balaban J connectivity index is 2.42. The number of nitrogens with one attached hydrogen (secondary N) is 2. The van der Waals surface area contributed by atoms with Gasteiger partial charge in [-0.3, -0.25) is 9.82 Å². The van der Waals surface area contributed by atoms with Crippen molar-refractivity contribution in [3.05, 3.63) is 35.2 Å². The molecule has 2 aromatic rings. The van der Waals surface area contributed by atoms with Gasteiger partial charge in [0.1, 0.15) is 4.90 Å². The number of H-pyrrole nitrogens is 1. The molecule has 0 saturated carbocycles. The van der Waals surface area contributed by atoms with Gasteiger partial charge >= 0.3 is 0 Å². The largest absolute Gasteiger partial charge is 0.398 e. The van der Waals surface area contributed by atoms with E-state index in [1.54, 1.807) is 26.0 Å². The molecule has 0 fully saturated rings. The third-order valence-corrected chi connectivity index (χ3v) is 4.53. The van der Waals surface area contributed by atoms with Crippen LogP contribution < -0.4 is 10.5 Å². The van der Waals surface area contributed by atoms with E-state index >= 15 is 0 Å². The fraction of sp³-hybridized carbons (Fsp3) is 0.250. The second-order valence-electron chi connectivity index (χ2n) is 4.43. The van der Waals surface area contributed by atoms with Gasteiger partial charge in [0.25, 0.3) is 10.0 Å². The van der Waals surface area contributed by atoms with E-state index in [-0.39, 0.29) is 4.90 Å². The minimum atomic E-state index is -3.65. The van der Waals surface area contributed by atoms with Crippen LogP contribution in [0, 0.1) is 20.8 Å². The van der Waals surface area contributed by atoms with E-state index in [0.717, 1.165) is 5.56 Å². The van der Waals surface area contributed by atoms with Gasteiger partial charge in [0.15, 0.2) is 0 Å². The van der Waals surface area contributed by atoms with Crippen LogP contribution in [0.1, 0.15) is 16.8 Å². The SMILES string of the molecule is Cc1ccc(NS(=O)(=O)c2cn[nH]c2C)c(C)c1N. The first-order valence-electron chi connectivity index (χ1n) is 5.71. The Labute approximate surface area is 112 Å². The van der Waals surface area contributed by atoms with Crippen molar-refractivity contribution in [2.45, 2.75) is 25.7 Å². The monoisotopic (exact) mass is 280 g/mol. The average molecular weight is 280 g/mol. The van der Waals surface area contributed by atoms with Crippen molar-refractivity contribution in [3.8, 4) is 0 Å². The minimum absolute atomic E-state index is 0.131. The van der Waals surface area contributed by atoms with Crippen LogP contribution in [0.5, 0.6) is 0 Å². The van der Waals surface area contributed by atoms with Gasteiger partial charge in [0.05, 0.1) is 17.6 Å². The van der Waals surface area contributed by atoms with Crippen molar-refractivity contribution in [2.75, 3.05) is 10.5 Å². The van der Waals surface area contributed by atoms with E-state index in [4.69, 9.17) is 5.73 Å². The number of sulfonamides is 1. The maximum Gasteiger partial charge on any atom is 0.265 e. The summed E-state index contributed by atoms with van der Waals surface area (Å²) in [7, 11) is -3.65. The van der Waals surface area contributed by atoms with Crippen molar-refractivity contribution in [1.29, 1.82) is 0 Å². The van der Waals surface area contributed by atoms with Crippen LogP contribution in [-0.2, 0) is 10.0 Å². The van der Waals surface area contributed by atoms with Crippen molar-refractivity contribution < 1.29 is 8.42 Å². The molecule has 0 aliphatic carbocycles. The standard InChI is InChI=1S/C12H16N4O2S/c1-7-4-5-10(8(2)12(7)13)16-19(17,18)11-6-14-15-9(11)3/h4-6,16H,13H2,1-3H3,(H,14,15). The summed E-state index contributed by atoms with van der Waals surface area (Å²) in [6.07, 6.45) is 1.28. The number of aryl methyl sites for hydroxylation is 2. The van der Waals surface area contributed by atoms with Gasteiger partial charge in [-0.15, -0.1) is 0 Å². The molecule has 1 aromatic heterocycles. The van der Waals surface area contributed by atoms with Crippen LogP contribution in [0.2, 0.25) is 0 Å². The molecule has 0 aliphatic heterocycles. The number of anilines is 2. The molecule has 0 radical (unpaired) electrons. The Hall–Kier alpha value is -2.02. The van der Waals surface area contributed by atoms with E-state index in [1.165, 1.54) is 6.20 Å². The maximum atomic E-state index is 12.2. The molecular formula is C12H16N4O2S. The molecule has 0 spiro atoms. The highest BCUT2D eigenvalue weighted by Crippen LogP contribution is 2.26. The number of nitrogen functional groups attached to an aromatic ring is 1. The third-order valence-electron chi connectivity index (χ3n) is 3.05. The Morgan fingerprint density at radius 1 is 1.26 bits per heavy atom. The van der Waals surface area contributed by atoms with Gasteiger partial charge in [-0.2, -0.15) is 5.10 Å². The molecule has 102 valence electrons. The second-order valence-corrected chi connectivity index (χ2v) is 6.08. The summed E-state index contributed by atoms with van der Waals surface area (Å²) in [5.41, 5.74) is 9.08. The molecule has 0 amide bonds. The first-order valence-corrected chi connectivity index (χ1v) is 7.19. The molecule has 4 N–H and O–H groups in total. The Morgan fingerprint density at radius 2 is 1.95 bits per heavy atom. The fourth-order valence-electron chi connectivity index (χ4n) is 1.78. The summed E-state index contributed by atoms with van der Waals surface area (Å²) in [6.45, 7) is 5.31. The minimum Gasteiger partial charge on any atom is -0.398 e. The van der Waals surface area contributed by atoms with E-state index in [1.807, 2.05) is 6.92 Å². The normalized spacial score (nSPS) is 11.5. The Bertz CT molecular complexity index is 719. The Morgan fingerprint density at radius 3 is 2.53 bits per heavy atom. The van der Waals surface area contributed by atoms with Gasteiger partial charge < -0.3 is 5.73 Å². The Kier molecular flexibility index (Phi) is 3.23. The van der Waals surface area contributed by atoms with E-state index < -0.39 is 10.0 Å². The van der Waals surface area contributed by atoms with Crippen LogP contribution in [0.15, 0.2) is 23.2 Å². The zero-order valence-electron chi connectivity index (χ0n) is 11.0. The third kappa shape index (κ3) is 2.41. The number of aromatic nitrogens is 2. The van der Waals surface area contributed by atoms with E-state index in [9.17, 15) is 8.42 Å². The van der Waals surface area contributed by atoms with E-state index in [2.05, 4.69) is 14.9 Å². The summed E-state index contributed by atoms with van der Waals surface area (Å²) in [5, 5.41) is 6.32. The number of hydrogen-bond donors (Lipinski definition) is 3. The highest BCUT2D eigenvalue weighted by Gasteiger charge is 2.20. The molecule has 0 bridgehead atoms. The maximum absolute atomic E-state index is 12.2. The van der Waals surface area contributed by atoms with Crippen molar-refractivity contribution >= 4 is 21.4 Å². The van der Waals surface area contributed by atoms with Crippen LogP contribution in [0.4, 0.5) is 11.4 Å². The number of aromatic amines is 1. The molecular weight excluding hydrogens is 264 g/mol. The summed E-state index contributed by atoms with van der Waals surface area (Å²) < 4.78 is 27.0. The van der Waals surface area contributed by atoms with Gasteiger partial charge in [0, 0.05) is 5.69 Å². The van der Waals surface area contributed by atoms with Gasteiger partial charge in [-0.1, -0.05) is 6.07 Å². The first kappa shape index (κ1) is 13.4. The predicted molar refractivity (Wildman–Crippen MR) is 74.5 cm³/mol. The molecule has 0 atom stereocenters. The number of hydrogen-bond acceptors (Lipinski definition) is 4. The van der Waals surface area contributed by atoms with Gasteiger partial charge in [-0.05, 0) is 38.0 Å². The van der Waals surface area contributed by atoms with Crippen molar-refractivity contribution in [1.82, 2.24) is 10.2 Å². The lowest BCUT2D eigenvalue weighted by molar-refractivity contribution is 0.600. The highest BCUT2D eigenvalue weighted by molar-refractivity contribution is 7.92. The summed E-state index contributed by atoms with van der Waals surface area (Å²) >= 11 is 0. The van der Waals surface area contributed by atoms with Crippen LogP contribution in [-0.4, -0.2) is 18.6 Å². The average Bonchev–Trinajstić information content (AvgIpc) is 2.77. The summed E-state index contributed by atoms with van der Waals surface area (Å²) in [6, 6.07) is 3.48. The lowest BCUT2D eigenvalue weighted by Crippen LogP contribution is -2.14. The molecule has 7 heteroatoms. The smallest absolute Gasteiger partial charge is 0.265 e. The van der Waals surface area contributed by atoms with Crippen molar-refractivity contribution in [3.63, 3.8) is 0 Å². The molecule has 2 rings (SSSR count). The lowest BCUT2D eigenvalue weighted by atomic mass is 10.1. The number of rotatable bonds is 3. The molecule has 0 unspecified atom stereocenters. The summed E-state index contributed by atoms with van der Waals surface area (Å²) in [5.74, 6) is 0. The quantitative estimate of drug-likeness (QED) is 0.745. The lowest BCUT2D eigenvalue weighted by Gasteiger charge is -2.13. The molecule has 0 aliphatic rings. The van der Waals surface area contributed by atoms with Crippen LogP contribution in [0.3, 0.4) is 0 Å². The molecule has 19 heavy (non-hydrogen) atoms. The molecule has 6 nitrogen and oxygen atoms in total. The number of benzene rings is 1.